The lowest BCUT2D eigenvalue weighted by Crippen LogP contribution is -2.38. The molecule has 1 aliphatic rings. The number of hydrogen-bond acceptors (Lipinski definition) is 3. The maximum atomic E-state index is 12.9. The summed E-state index contributed by atoms with van der Waals surface area (Å²) < 4.78 is 33.2. The number of hydrogen-bond donors (Lipinski definition) is 0. The normalized spacial score (nSPS) is 16.7. The van der Waals surface area contributed by atoms with Gasteiger partial charge in [0.2, 0.25) is 10.0 Å². The third kappa shape index (κ3) is 4.25. The molecule has 0 spiro atoms. The van der Waals surface area contributed by atoms with E-state index in [1.807, 2.05) is 6.07 Å². The van der Waals surface area contributed by atoms with E-state index in [4.69, 9.17) is 4.74 Å². The standard InChI is InChI=1S/C19H22BrNO3S/c1-24-19-8-7-17(14-18(19)20)25(22,23)21-11-9-16(10-12-21)13-15-5-3-2-4-6-15/h2-8,14,16H,9-13H2,1H3. The van der Waals surface area contributed by atoms with Crippen LogP contribution in [-0.4, -0.2) is 32.9 Å². The van der Waals surface area contributed by atoms with Crippen molar-refractivity contribution < 1.29 is 13.2 Å². The molecule has 0 bridgehead atoms. The van der Waals surface area contributed by atoms with Crippen molar-refractivity contribution in [3.8, 4) is 5.75 Å². The Morgan fingerprint density at radius 3 is 2.40 bits per heavy atom. The summed E-state index contributed by atoms with van der Waals surface area (Å²) >= 11 is 3.36. The molecule has 0 N–H and O–H groups in total. The van der Waals surface area contributed by atoms with Crippen LogP contribution in [0.15, 0.2) is 57.9 Å². The first-order valence-corrected chi connectivity index (χ1v) is 10.6. The Kier molecular flexibility index (Phi) is 5.81. The number of methoxy groups -OCH3 is 1. The fraction of sp³-hybridized carbons (Fsp3) is 0.368. The van der Waals surface area contributed by atoms with Crippen LogP contribution in [0.5, 0.6) is 5.75 Å². The van der Waals surface area contributed by atoms with E-state index in [1.54, 1.807) is 29.6 Å². The van der Waals surface area contributed by atoms with Crippen molar-refractivity contribution in [2.75, 3.05) is 20.2 Å². The summed E-state index contributed by atoms with van der Waals surface area (Å²) in [6.45, 7) is 1.15. The molecule has 0 atom stereocenters. The Labute approximate surface area is 158 Å². The monoisotopic (exact) mass is 423 g/mol. The van der Waals surface area contributed by atoms with Gasteiger partial charge in [0.15, 0.2) is 0 Å². The van der Waals surface area contributed by atoms with Crippen molar-refractivity contribution in [2.24, 2.45) is 5.92 Å². The molecule has 0 radical (unpaired) electrons. The molecule has 2 aromatic rings. The van der Waals surface area contributed by atoms with E-state index in [2.05, 4.69) is 40.2 Å². The first kappa shape index (κ1) is 18.4. The highest BCUT2D eigenvalue weighted by Gasteiger charge is 2.29. The average molecular weight is 424 g/mol. The molecular formula is C19H22BrNO3S. The summed E-state index contributed by atoms with van der Waals surface area (Å²) in [5.74, 6) is 1.16. The van der Waals surface area contributed by atoms with Gasteiger partial charge in [0, 0.05) is 13.1 Å². The molecular weight excluding hydrogens is 402 g/mol. The first-order chi connectivity index (χ1) is 12.0. The second-order valence-electron chi connectivity index (χ2n) is 6.33. The minimum atomic E-state index is -3.46. The van der Waals surface area contributed by atoms with Gasteiger partial charge in [0.1, 0.15) is 5.75 Å². The molecule has 6 heteroatoms. The molecule has 1 aliphatic heterocycles. The van der Waals surface area contributed by atoms with Crippen LogP contribution in [0.2, 0.25) is 0 Å². The molecule has 0 aliphatic carbocycles. The van der Waals surface area contributed by atoms with Gasteiger partial charge in [0.05, 0.1) is 16.5 Å². The number of ether oxygens (including phenoxy) is 1. The molecule has 1 fully saturated rings. The van der Waals surface area contributed by atoms with Crippen LogP contribution < -0.4 is 4.74 Å². The third-order valence-electron chi connectivity index (χ3n) is 4.70. The summed E-state index contributed by atoms with van der Waals surface area (Å²) in [6, 6.07) is 15.3. The molecule has 0 unspecified atom stereocenters. The lowest BCUT2D eigenvalue weighted by molar-refractivity contribution is 0.273. The second kappa shape index (κ2) is 7.89. The van der Waals surface area contributed by atoms with Gasteiger partial charge in [-0.1, -0.05) is 30.3 Å². The molecule has 0 saturated carbocycles. The quantitative estimate of drug-likeness (QED) is 0.726. The summed E-state index contributed by atoms with van der Waals surface area (Å²) in [6.07, 6.45) is 2.81. The van der Waals surface area contributed by atoms with Gasteiger partial charge in [-0.05, 0) is 64.9 Å². The summed E-state index contributed by atoms with van der Waals surface area (Å²) in [4.78, 5) is 0.307. The number of sulfonamides is 1. The third-order valence-corrected chi connectivity index (χ3v) is 7.22. The van der Waals surface area contributed by atoms with E-state index in [0.29, 0.717) is 34.1 Å². The Bertz CT molecular complexity index is 816. The van der Waals surface area contributed by atoms with Crippen LogP contribution in [0.25, 0.3) is 0 Å². The smallest absolute Gasteiger partial charge is 0.243 e. The van der Waals surface area contributed by atoms with E-state index in [1.165, 1.54) is 5.56 Å². The Morgan fingerprint density at radius 1 is 1.12 bits per heavy atom. The highest BCUT2D eigenvalue weighted by Crippen LogP contribution is 2.31. The highest BCUT2D eigenvalue weighted by atomic mass is 79.9. The van der Waals surface area contributed by atoms with Crippen molar-refractivity contribution in [3.63, 3.8) is 0 Å². The second-order valence-corrected chi connectivity index (χ2v) is 9.13. The minimum Gasteiger partial charge on any atom is -0.496 e. The summed E-state index contributed by atoms with van der Waals surface area (Å²) in [7, 11) is -1.90. The zero-order valence-corrected chi connectivity index (χ0v) is 16.6. The van der Waals surface area contributed by atoms with Crippen LogP contribution in [0.3, 0.4) is 0 Å². The van der Waals surface area contributed by atoms with Gasteiger partial charge in [-0.25, -0.2) is 8.42 Å². The Hall–Kier alpha value is -1.37. The van der Waals surface area contributed by atoms with E-state index in [-0.39, 0.29) is 0 Å². The van der Waals surface area contributed by atoms with Crippen LogP contribution in [0, 0.1) is 5.92 Å². The van der Waals surface area contributed by atoms with Gasteiger partial charge in [-0.15, -0.1) is 0 Å². The van der Waals surface area contributed by atoms with Crippen LogP contribution in [0.4, 0.5) is 0 Å². The number of benzene rings is 2. The van der Waals surface area contributed by atoms with Crippen molar-refractivity contribution >= 4 is 26.0 Å². The Morgan fingerprint density at radius 2 is 1.80 bits per heavy atom. The summed E-state index contributed by atoms with van der Waals surface area (Å²) in [5.41, 5.74) is 1.32. The molecule has 3 rings (SSSR count). The van der Waals surface area contributed by atoms with Crippen molar-refractivity contribution in [2.45, 2.75) is 24.2 Å². The molecule has 134 valence electrons. The average Bonchev–Trinajstić information content (AvgIpc) is 2.63. The predicted octanol–water partition coefficient (Wildman–Crippen LogP) is 4.10. The zero-order chi connectivity index (χ0) is 17.9. The number of rotatable bonds is 5. The van der Waals surface area contributed by atoms with Gasteiger partial charge in [-0.2, -0.15) is 4.31 Å². The maximum Gasteiger partial charge on any atom is 0.243 e. The summed E-state index contributed by atoms with van der Waals surface area (Å²) in [5, 5.41) is 0. The van der Waals surface area contributed by atoms with Crippen LogP contribution in [0.1, 0.15) is 18.4 Å². The van der Waals surface area contributed by atoms with Crippen LogP contribution >= 0.6 is 15.9 Å². The fourth-order valence-corrected chi connectivity index (χ4v) is 5.45. The molecule has 1 saturated heterocycles. The zero-order valence-electron chi connectivity index (χ0n) is 14.2. The lowest BCUT2D eigenvalue weighted by Gasteiger charge is -2.31. The number of halogens is 1. The van der Waals surface area contributed by atoms with Gasteiger partial charge < -0.3 is 4.74 Å². The SMILES string of the molecule is COc1ccc(S(=O)(=O)N2CCC(Cc3ccccc3)CC2)cc1Br. The van der Waals surface area contributed by atoms with Crippen molar-refractivity contribution in [3.05, 3.63) is 58.6 Å². The van der Waals surface area contributed by atoms with Crippen molar-refractivity contribution in [1.29, 1.82) is 0 Å². The molecule has 4 nitrogen and oxygen atoms in total. The van der Waals surface area contributed by atoms with Crippen molar-refractivity contribution in [1.82, 2.24) is 4.31 Å². The number of piperidine rings is 1. The maximum absolute atomic E-state index is 12.9. The first-order valence-electron chi connectivity index (χ1n) is 8.38. The minimum absolute atomic E-state index is 0.307. The van der Waals surface area contributed by atoms with E-state index in [9.17, 15) is 8.42 Å². The van der Waals surface area contributed by atoms with E-state index in [0.717, 1.165) is 19.3 Å². The van der Waals surface area contributed by atoms with Gasteiger partial charge in [0.25, 0.3) is 0 Å². The van der Waals surface area contributed by atoms with Crippen LogP contribution in [-0.2, 0) is 16.4 Å². The van der Waals surface area contributed by atoms with Gasteiger partial charge in [-0.3, -0.25) is 0 Å². The topological polar surface area (TPSA) is 46.6 Å². The molecule has 1 heterocycles. The largest absolute Gasteiger partial charge is 0.496 e. The fourth-order valence-electron chi connectivity index (χ4n) is 3.26. The van der Waals surface area contributed by atoms with E-state index < -0.39 is 10.0 Å². The van der Waals surface area contributed by atoms with Gasteiger partial charge >= 0.3 is 0 Å². The van der Waals surface area contributed by atoms with E-state index >= 15 is 0 Å². The molecule has 25 heavy (non-hydrogen) atoms. The predicted molar refractivity (Wildman–Crippen MR) is 102 cm³/mol. The number of nitrogens with zero attached hydrogens (tertiary/aromatic N) is 1. The molecule has 0 aromatic heterocycles. The molecule has 2 aromatic carbocycles. The Balaban J connectivity index is 1.66. The lowest BCUT2D eigenvalue weighted by atomic mass is 9.91. The highest BCUT2D eigenvalue weighted by molar-refractivity contribution is 9.10. The molecule has 0 amide bonds.